The molecular formula is C9H6N2O2. The van der Waals surface area contributed by atoms with Crippen LogP contribution in [-0.4, -0.2) is 4.98 Å². The first-order chi connectivity index (χ1) is 6.31. The van der Waals surface area contributed by atoms with Gasteiger partial charge in [-0.25, -0.2) is 0 Å². The van der Waals surface area contributed by atoms with Gasteiger partial charge in [-0.05, 0) is 17.3 Å². The van der Waals surface area contributed by atoms with Gasteiger partial charge in [0, 0.05) is 11.5 Å². The maximum Gasteiger partial charge on any atom is 0.248 e. The lowest BCUT2D eigenvalue weighted by Gasteiger charge is -1.97. The van der Waals surface area contributed by atoms with E-state index in [0.717, 1.165) is 5.39 Å². The van der Waals surface area contributed by atoms with Crippen molar-refractivity contribution in [1.82, 2.24) is 4.98 Å². The molecular weight excluding hydrogens is 168 g/mol. The summed E-state index contributed by atoms with van der Waals surface area (Å²) >= 11 is 0. The molecule has 0 aliphatic rings. The molecule has 0 fully saturated rings. The van der Waals surface area contributed by atoms with Gasteiger partial charge in [0.1, 0.15) is 5.69 Å². The molecule has 1 aromatic carbocycles. The monoisotopic (exact) mass is 174 g/mol. The third-order valence-corrected chi connectivity index (χ3v) is 1.84. The lowest BCUT2D eigenvalue weighted by atomic mass is 10.2. The van der Waals surface area contributed by atoms with Gasteiger partial charge in [0.05, 0.1) is 5.52 Å². The van der Waals surface area contributed by atoms with Crippen LogP contribution in [0.1, 0.15) is 0 Å². The van der Waals surface area contributed by atoms with E-state index < -0.39 is 0 Å². The molecule has 0 amide bonds. The quantitative estimate of drug-likeness (QED) is 0.671. The van der Waals surface area contributed by atoms with Crippen molar-refractivity contribution >= 4 is 16.6 Å². The summed E-state index contributed by atoms with van der Waals surface area (Å²) in [6.07, 6.45) is 0. The molecule has 0 bridgehead atoms. The molecule has 0 aliphatic carbocycles. The van der Waals surface area contributed by atoms with Gasteiger partial charge in [0.2, 0.25) is 5.56 Å². The molecule has 0 radical (unpaired) electrons. The number of aromatic amines is 1. The Labute approximate surface area is 73.2 Å². The fourth-order valence-corrected chi connectivity index (χ4v) is 1.24. The van der Waals surface area contributed by atoms with Crippen LogP contribution >= 0.6 is 0 Å². The third kappa shape index (κ3) is 1.22. The maximum absolute atomic E-state index is 11.0. The first-order valence-corrected chi connectivity index (χ1v) is 3.77. The van der Waals surface area contributed by atoms with Gasteiger partial charge < -0.3 is 4.98 Å². The number of benzene rings is 1. The van der Waals surface area contributed by atoms with Crippen molar-refractivity contribution in [2.45, 2.75) is 0 Å². The lowest BCUT2D eigenvalue weighted by Crippen LogP contribution is -2.01. The van der Waals surface area contributed by atoms with Crippen LogP contribution in [0.25, 0.3) is 10.9 Å². The second-order valence-corrected chi connectivity index (χ2v) is 2.66. The number of H-pyrrole nitrogens is 1. The number of rotatable bonds is 1. The lowest BCUT2D eigenvalue weighted by molar-refractivity contribution is 1.30. The summed E-state index contributed by atoms with van der Waals surface area (Å²) in [5.41, 5.74) is 0.517. The van der Waals surface area contributed by atoms with E-state index in [1.165, 1.54) is 6.07 Å². The number of fused-ring (bicyclic) bond motifs is 1. The standard InChI is InChI=1S/C9H6N2O2/c12-8-5-4-6-2-1-3-7(11-13)9(6)10-8/h1-5H,(H,10,12). The summed E-state index contributed by atoms with van der Waals surface area (Å²) < 4.78 is 0. The van der Waals surface area contributed by atoms with Crippen molar-refractivity contribution in [1.29, 1.82) is 0 Å². The van der Waals surface area contributed by atoms with Crippen LogP contribution < -0.4 is 5.56 Å². The highest BCUT2D eigenvalue weighted by Gasteiger charge is 2.00. The van der Waals surface area contributed by atoms with Crippen molar-refractivity contribution in [2.24, 2.45) is 5.18 Å². The molecule has 4 nitrogen and oxygen atoms in total. The summed E-state index contributed by atoms with van der Waals surface area (Å²) in [7, 11) is 0. The number of aromatic nitrogens is 1. The topological polar surface area (TPSA) is 62.3 Å². The number of pyridine rings is 1. The molecule has 2 rings (SSSR count). The van der Waals surface area contributed by atoms with Crippen LogP contribution in [0.4, 0.5) is 5.69 Å². The second kappa shape index (κ2) is 2.82. The summed E-state index contributed by atoms with van der Waals surface area (Å²) in [4.78, 5) is 23.9. The Bertz CT molecular complexity index is 516. The van der Waals surface area contributed by atoms with Crippen LogP contribution in [0.15, 0.2) is 40.3 Å². The fraction of sp³-hybridized carbons (Fsp3) is 0. The highest BCUT2D eigenvalue weighted by atomic mass is 16.3. The van der Waals surface area contributed by atoms with Gasteiger partial charge in [-0.2, -0.15) is 0 Å². The number of hydrogen-bond acceptors (Lipinski definition) is 3. The Kier molecular flexibility index (Phi) is 1.66. The Morgan fingerprint density at radius 3 is 2.77 bits per heavy atom. The van der Waals surface area contributed by atoms with E-state index in [2.05, 4.69) is 10.2 Å². The van der Waals surface area contributed by atoms with Crippen LogP contribution in [-0.2, 0) is 0 Å². The molecule has 1 N–H and O–H groups in total. The predicted molar refractivity (Wildman–Crippen MR) is 50.0 cm³/mol. The smallest absolute Gasteiger partial charge is 0.248 e. The van der Waals surface area contributed by atoms with Crippen molar-refractivity contribution in [2.75, 3.05) is 0 Å². The molecule has 0 saturated heterocycles. The van der Waals surface area contributed by atoms with Gasteiger partial charge >= 0.3 is 0 Å². The molecule has 0 spiro atoms. The van der Waals surface area contributed by atoms with Crippen molar-refractivity contribution in [3.8, 4) is 0 Å². The van der Waals surface area contributed by atoms with Crippen LogP contribution in [0.2, 0.25) is 0 Å². The summed E-state index contributed by atoms with van der Waals surface area (Å²) in [6, 6.07) is 8.16. The summed E-state index contributed by atoms with van der Waals surface area (Å²) in [6.45, 7) is 0. The Morgan fingerprint density at radius 1 is 1.15 bits per heavy atom. The Hall–Kier alpha value is -1.97. The Morgan fingerprint density at radius 2 is 2.00 bits per heavy atom. The van der Waals surface area contributed by atoms with Gasteiger partial charge in [0.15, 0.2) is 0 Å². The largest absolute Gasteiger partial charge is 0.320 e. The zero-order chi connectivity index (χ0) is 9.26. The minimum absolute atomic E-state index is 0.233. The van der Waals surface area contributed by atoms with Crippen LogP contribution in [0.3, 0.4) is 0 Å². The predicted octanol–water partition coefficient (Wildman–Crippen LogP) is 1.93. The second-order valence-electron chi connectivity index (χ2n) is 2.66. The first-order valence-electron chi connectivity index (χ1n) is 3.77. The molecule has 1 aromatic heterocycles. The number of nitrogens with zero attached hydrogens (tertiary/aromatic N) is 1. The van der Waals surface area contributed by atoms with Crippen LogP contribution in [0.5, 0.6) is 0 Å². The minimum atomic E-state index is -0.233. The molecule has 0 aliphatic heterocycles. The van der Waals surface area contributed by atoms with Crippen molar-refractivity contribution in [3.63, 3.8) is 0 Å². The van der Waals surface area contributed by atoms with E-state index in [1.54, 1.807) is 24.3 Å². The number of hydrogen-bond donors (Lipinski definition) is 1. The van der Waals surface area contributed by atoms with E-state index in [4.69, 9.17) is 0 Å². The van der Waals surface area contributed by atoms with Crippen molar-refractivity contribution < 1.29 is 0 Å². The van der Waals surface area contributed by atoms with Gasteiger partial charge in [-0.15, -0.1) is 4.91 Å². The minimum Gasteiger partial charge on any atom is -0.320 e. The zero-order valence-corrected chi connectivity index (χ0v) is 6.65. The van der Waals surface area contributed by atoms with E-state index in [-0.39, 0.29) is 11.2 Å². The molecule has 0 unspecified atom stereocenters. The van der Waals surface area contributed by atoms with E-state index in [1.807, 2.05) is 0 Å². The molecule has 2 aromatic rings. The molecule has 4 heteroatoms. The summed E-state index contributed by atoms with van der Waals surface area (Å²) in [5, 5.41) is 3.62. The van der Waals surface area contributed by atoms with Crippen molar-refractivity contribution in [3.05, 3.63) is 45.6 Å². The average Bonchev–Trinajstić information content (AvgIpc) is 2.17. The van der Waals surface area contributed by atoms with E-state index in [0.29, 0.717) is 5.52 Å². The highest BCUT2D eigenvalue weighted by molar-refractivity contribution is 5.88. The van der Waals surface area contributed by atoms with E-state index in [9.17, 15) is 9.70 Å². The molecule has 64 valence electrons. The first kappa shape index (κ1) is 7.67. The van der Waals surface area contributed by atoms with Crippen LogP contribution in [0, 0.1) is 4.91 Å². The highest BCUT2D eigenvalue weighted by Crippen LogP contribution is 2.21. The normalized spacial score (nSPS) is 10.2. The Balaban J connectivity index is 2.95. The maximum atomic E-state index is 11.0. The molecule has 0 saturated carbocycles. The number of nitrogens with one attached hydrogen (secondary N) is 1. The number of para-hydroxylation sites is 1. The fourth-order valence-electron chi connectivity index (χ4n) is 1.24. The molecule has 13 heavy (non-hydrogen) atoms. The number of nitroso groups, excluding NO2 is 1. The van der Waals surface area contributed by atoms with Gasteiger partial charge in [-0.3, -0.25) is 4.79 Å². The SMILES string of the molecule is O=Nc1cccc2ccc(=O)[nH]c12. The third-order valence-electron chi connectivity index (χ3n) is 1.84. The average molecular weight is 174 g/mol. The zero-order valence-electron chi connectivity index (χ0n) is 6.65. The van der Waals surface area contributed by atoms with Gasteiger partial charge in [-0.1, -0.05) is 12.1 Å². The van der Waals surface area contributed by atoms with E-state index >= 15 is 0 Å². The summed E-state index contributed by atoms with van der Waals surface area (Å²) in [5.74, 6) is 0. The molecule has 0 atom stereocenters. The van der Waals surface area contributed by atoms with Gasteiger partial charge in [0.25, 0.3) is 0 Å². The molecule has 1 heterocycles.